The summed E-state index contributed by atoms with van der Waals surface area (Å²) in [6, 6.07) is 20.3. The summed E-state index contributed by atoms with van der Waals surface area (Å²) in [7, 11) is -2.62. The van der Waals surface area contributed by atoms with E-state index >= 15 is 0 Å². The molecule has 31 heavy (non-hydrogen) atoms. The fourth-order valence-electron chi connectivity index (χ4n) is 3.68. The molecule has 3 aromatic rings. The summed E-state index contributed by atoms with van der Waals surface area (Å²) in [5.41, 5.74) is 2.08. The summed E-state index contributed by atoms with van der Waals surface area (Å²) in [5.74, 6) is -0.0231. The van der Waals surface area contributed by atoms with Gasteiger partial charge in [-0.3, -0.25) is 9.10 Å². The molecule has 160 valence electrons. The second kappa shape index (κ2) is 8.61. The first-order valence-electron chi connectivity index (χ1n) is 9.71. The first kappa shape index (κ1) is 21.2. The molecule has 0 saturated carbocycles. The van der Waals surface area contributed by atoms with Gasteiger partial charge in [-0.2, -0.15) is 0 Å². The van der Waals surface area contributed by atoms with E-state index in [-0.39, 0.29) is 23.0 Å². The summed E-state index contributed by atoms with van der Waals surface area (Å²) in [6.45, 7) is 0.117. The largest absolute Gasteiger partial charge is 0.495 e. The average Bonchev–Trinajstić information content (AvgIpc) is 3.22. The highest BCUT2D eigenvalue weighted by molar-refractivity contribution is 7.92. The molecule has 0 unspecified atom stereocenters. The maximum atomic E-state index is 13.6. The molecule has 1 aliphatic heterocycles. The minimum atomic E-state index is -4.06. The predicted octanol–water partition coefficient (Wildman–Crippen LogP) is 4.13. The van der Waals surface area contributed by atoms with Crippen LogP contribution in [0.5, 0.6) is 5.75 Å². The van der Waals surface area contributed by atoms with Gasteiger partial charge in [-0.25, -0.2) is 8.42 Å². The number of hydrogen-bond donors (Lipinski definition) is 0. The van der Waals surface area contributed by atoms with Crippen LogP contribution in [0.25, 0.3) is 0 Å². The quantitative estimate of drug-likeness (QED) is 0.559. The Morgan fingerprint density at radius 3 is 2.52 bits per heavy atom. The molecule has 1 heterocycles. The predicted molar refractivity (Wildman–Crippen MR) is 121 cm³/mol. The lowest BCUT2D eigenvalue weighted by molar-refractivity contribution is -0.117. The number of carbonyl (C=O) groups excluding carboxylic acids is 1. The lowest BCUT2D eigenvalue weighted by Crippen LogP contribution is -2.42. The summed E-state index contributed by atoms with van der Waals surface area (Å²) in [5, 5.41) is 0.336. The highest BCUT2D eigenvalue weighted by atomic mass is 35.5. The molecule has 0 bridgehead atoms. The Balaban J connectivity index is 1.77. The molecule has 6 nitrogen and oxygen atoms in total. The van der Waals surface area contributed by atoms with Gasteiger partial charge < -0.3 is 9.64 Å². The van der Waals surface area contributed by atoms with Crippen molar-refractivity contribution >= 4 is 38.9 Å². The number of methoxy groups -OCH3 is 1. The summed E-state index contributed by atoms with van der Waals surface area (Å²) >= 11 is 6.17. The van der Waals surface area contributed by atoms with Crippen LogP contribution >= 0.6 is 11.6 Å². The molecule has 8 heteroatoms. The first-order chi connectivity index (χ1) is 14.9. The number of ether oxygens (including phenoxy) is 1. The van der Waals surface area contributed by atoms with Crippen LogP contribution in [0.1, 0.15) is 5.56 Å². The molecular formula is C23H21ClN2O4S. The second-order valence-electron chi connectivity index (χ2n) is 7.06. The van der Waals surface area contributed by atoms with Crippen molar-refractivity contribution in [1.82, 2.24) is 0 Å². The molecule has 3 aromatic carbocycles. The van der Waals surface area contributed by atoms with Gasteiger partial charge in [0.2, 0.25) is 5.91 Å². The van der Waals surface area contributed by atoms with Crippen LogP contribution in [0.15, 0.2) is 77.7 Å². The van der Waals surface area contributed by atoms with E-state index in [0.717, 1.165) is 22.0 Å². The zero-order valence-electron chi connectivity index (χ0n) is 16.9. The molecule has 0 atom stereocenters. The minimum absolute atomic E-state index is 0.0756. The van der Waals surface area contributed by atoms with E-state index in [1.807, 2.05) is 24.3 Å². The van der Waals surface area contributed by atoms with Gasteiger partial charge >= 0.3 is 0 Å². The lowest BCUT2D eigenvalue weighted by atomic mass is 10.2. The van der Waals surface area contributed by atoms with Crippen molar-refractivity contribution in [2.24, 2.45) is 0 Å². The van der Waals surface area contributed by atoms with Gasteiger partial charge in [-0.15, -0.1) is 0 Å². The van der Waals surface area contributed by atoms with E-state index in [0.29, 0.717) is 17.3 Å². The third kappa shape index (κ3) is 4.11. The van der Waals surface area contributed by atoms with Gasteiger partial charge in [0, 0.05) is 17.3 Å². The maximum Gasteiger partial charge on any atom is 0.264 e. The van der Waals surface area contributed by atoms with E-state index in [2.05, 4.69) is 0 Å². The Morgan fingerprint density at radius 1 is 1.06 bits per heavy atom. The van der Waals surface area contributed by atoms with Crippen LogP contribution in [0.4, 0.5) is 11.4 Å². The number of sulfonamides is 1. The van der Waals surface area contributed by atoms with Gasteiger partial charge in [-0.05, 0) is 48.4 Å². The third-order valence-corrected chi connectivity index (χ3v) is 7.22. The Morgan fingerprint density at radius 2 is 1.77 bits per heavy atom. The van der Waals surface area contributed by atoms with Crippen LogP contribution in [0.2, 0.25) is 5.02 Å². The first-order valence-corrected chi connectivity index (χ1v) is 11.5. The molecule has 0 spiro atoms. The number of para-hydroxylation sites is 1. The number of nitrogens with zero attached hydrogens (tertiary/aromatic N) is 2. The van der Waals surface area contributed by atoms with Crippen LogP contribution in [0, 0.1) is 0 Å². The number of amides is 1. The molecule has 0 fully saturated rings. The lowest BCUT2D eigenvalue weighted by Gasteiger charge is -2.28. The molecular weight excluding hydrogens is 436 g/mol. The molecule has 0 N–H and O–H groups in total. The Hall–Kier alpha value is -3.03. The number of carbonyl (C=O) groups is 1. The van der Waals surface area contributed by atoms with Crippen molar-refractivity contribution in [2.75, 3.05) is 29.4 Å². The Bertz CT molecular complexity index is 1220. The molecule has 1 amide bonds. The van der Waals surface area contributed by atoms with E-state index in [4.69, 9.17) is 16.3 Å². The van der Waals surface area contributed by atoms with Crippen molar-refractivity contribution in [2.45, 2.75) is 11.3 Å². The number of rotatable bonds is 6. The van der Waals surface area contributed by atoms with E-state index < -0.39 is 10.0 Å². The van der Waals surface area contributed by atoms with Crippen molar-refractivity contribution < 1.29 is 17.9 Å². The SMILES string of the molecule is COc1ccc(Cl)cc1N(CC(=O)N1CCc2ccccc21)S(=O)(=O)c1ccccc1. The van der Waals surface area contributed by atoms with E-state index in [9.17, 15) is 13.2 Å². The number of hydrogen-bond acceptors (Lipinski definition) is 4. The molecule has 0 aliphatic carbocycles. The molecule has 0 aromatic heterocycles. The van der Waals surface area contributed by atoms with Crippen LogP contribution in [0.3, 0.4) is 0 Å². The highest BCUT2D eigenvalue weighted by Gasteiger charge is 2.33. The smallest absolute Gasteiger partial charge is 0.264 e. The van der Waals surface area contributed by atoms with Gasteiger partial charge in [0.05, 0.1) is 17.7 Å². The second-order valence-corrected chi connectivity index (χ2v) is 9.36. The van der Waals surface area contributed by atoms with E-state index in [1.54, 1.807) is 35.2 Å². The van der Waals surface area contributed by atoms with Crippen LogP contribution in [-0.2, 0) is 21.2 Å². The highest BCUT2D eigenvalue weighted by Crippen LogP contribution is 2.35. The monoisotopic (exact) mass is 456 g/mol. The topological polar surface area (TPSA) is 66.9 Å². The summed E-state index contributed by atoms with van der Waals surface area (Å²) in [6.07, 6.45) is 0.730. The van der Waals surface area contributed by atoms with Gasteiger partial charge in [0.25, 0.3) is 10.0 Å². The minimum Gasteiger partial charge on any atom is -0.495 e. The number of benzene rings is 3. The van der Waals surface area contributed by atoms with Crippen molar-refractivity contribution in [3.8, 4) is 5.75 Å². The zero-order valence-corrected chi connectivity index (χ0v) is 18.4. The fraction of sp³-hybridized carbons (Fsp3) is 0.174. The molecule has 0 radical (unpaired) electrons. The standard InChI is InChI=1S/C23H21ClN2O4S/c1-30-22-12-11-18(24)15-21(22)26(31(28,29)19-8-3-2-4-9-19)16-23(27)25-14-13-17-7-5-6-10-20(17)25/h2-12,15H,13-14,16H2,1H3. The number of halogens is 1. The Kier molecular flexibility index (Phi) is 5.89. The van der Waals surface area contributed by atoms with Crippen molar-refractivity contribution in [1.29, 1.82) is 0 Å². The van der Waals surface area contributed by atoms with Crippen molar-refractivity contribution in [3.05, 3.63) is 83.4 Å². The normalized spacial score (nSPS) is 13.0. The number of fused-ring (bicyclic) bond motifs is 1. The van der Waals surface area contributed by atoms with Gasteiger partial charge in [-0.1, -0.05) is 48.0 Å². The maximum absolute atomic E-state index is 13.6. The summed E-state index contributed by atoms with van der Waals surface area (Å²) in [4.78, 5) is 15.0. The molecule has 0 saturated heterocycles. The van der Waals surface area contributed by atoms with Gasteiger partial charge in [0.15, 0.2) is 0 Å². The summed E-state index contributed by atoms with van der Waals surface area (Å²) < 4.78 is 33.6. The van der Waals surface area contributed by atoms with Crippen molar-refractivity contribution in [3.63, 3.8) is 0 Å². The van der Waals surface area contributed by atoms with Crippen LogP contribution in [-0.4, -0.2) is 34.5 Å². The fourth-order valence-corrected chi connectivity index (χ4v) is 5.29. The third-order valence-electron chi connectivity index (χ3n) is 5.21. The Labute approximate surface area is 186 Å². The van der Waals surface area contributed by atoms with E-state index in [1.165, 1.54) is 25.3 Å². The zero-order chi connectivity index (χ0) is 22.0. The van der Waals surface area contributed by atoms with Gasteiger partial charge in [0.1, 0.15) is 12.3 Å². The molecule has 1 aliphatic rings. The van der Waals surface area contributed by atoms with Crippen LogP contribution < -0.4 is 13.9 Å². The average molecular weight is 457 g/mol. The number of anilines is 2. The molecule has 4 rings (SSSR count).